The molecule has 0 N–H and O–H groups in total. The third kappa shape index (κ3) is 3.19. The third-order valence-electron chi connectivity index (χ3n) is 2.94. The van der Waals surface area contributed by atoms with Gasteiger partial charge in [-0.15, -0.1) is 0 Å². The van der Waals surface area contributed by atoms with Crippen LogP contribution in [0, 0.1) is 24.0 Å². The Labute approximate surface area is 122 Å². The molecular weight excluding hydrogens is 294 g/mol. The van der Waals surface area contributed by atoms with Crippen molar-refractivity contribution in [2.24, 2.45) is 0 Å². The molecule has 0 aromatic heterocycles. The molecule has 21 heavy (non-hydrogen) atoms. The molecule has 0 saturated carbocycles. The van der Waals surface area contributed by atoms with Crippen molar-refractivity contribution in [1.29, 1.82) is 0 Å². The van der Waals surface area contributed by atoms with Gasteiger partial charge in [-0.2, -0.15) is 8.42 Å². The summed E-state index contributed by atoms with van der Waals surface area (Å²) < 4.78 is 29.7. The molecule has 0 radical (unpaired) electrons. The number of para-hydroxylation sites is 1. The first kappa shape index (κ1) is 15.0. The van der Waals surface area contributed by atoms with Gasteiger partial charge in [0, 0.05) is 12.1 Å². The van der Waals surface area contributed by atoms with Gasteiger partial charge in [0.05, 0.1) is 4.92 Å². The molecule has 0 saturated heterocycles. The molecule has 6 nitrogen and oxygen atoms in total. The molecule has 0 aliphatic rings. The maximum absolute atomic E-state index is 12.3. The molecule has 0 fully saturated rings. The fraction of sp³-hybridized carbons (Fsp3) is 0.143. The van der Waals surface area contributed by atoms with Gasteiger partial charge in [0.1, 0.15) is 10.6 Å². The van der Waals surface area contributed by atoms with Crippen LogP contribution in [0.2, 0.25) is 0 Å². The summed E-state index contributed by atoms with van der Waals surface area (Å²) in [5.41, 5.74) is 0.742. The van der Waals surface area contributed by atoms with Crippen molar-refractivity contribution in [3.05, 3.63) is 63.7 Å². The lowest BCUT2D eigenvalue weighted by Crippen LogP contribution is -2.12. The number of nitrogens with zero attached hydrogens (tertiary/aromatic N) is 1. The van der Waals surface area contributed by atoms with Gasteiger partial charge in [0.25, 0.3) is 5.69 Å². The minimum absolute atomic E-state index is 0.198. The summed E-state index contributed by atoms with van der Waals surface area (Å²) in [5, 5.41) is 10.8. The SMILES string of the molecule is Cc1ccccc1OS(=O)(=O)c1cc([N+](=O)[O-])ccc1C. The van der Waals surface area contributed by atoms with Crippen LogP contribution in [0.15, 0.2) is 47.4 Å². The van der Waals surface area contributed by atoms with E-state index in [0.29, 0.717) is 11.1 Å². The second-order valence-corrected chi connectivity index (χ2v) is 6.02. The normalized spacial score (nSPS) is 11.1. The van der Waals surface area contributed by atoms with E-state index in [9.17, 15) is 18.5 Å². The molecule has 0 heterocycles. The molecule has 0 aliphatic carbocycles. The lowest BCUT2D eigenvalue weighted by atomic mass is 10.2. The van der Waals surface area contributed by atoms with Crippen LogP contribution in [0.25, 0.3) is 0 Å². The maximum Gasteiger partial charge on any atom is 0.339 e. The Morgan fingerprint density at radius 1 is 1.05 bits per heavy atom. The molecule has 2 aromatic carbocycles. The number of nitro benzene ring substituents is 1. The zero-order valence-corrected chi connectivity index (χ0v) is 12.3. The van der Waals surface area contributed by atoms with E-state index in [2.05, 4.69) is 0 Å². The maximum atomic E-state index is 12.3. The van der Waals surface area contributed by atoms with Gasteiger partial charge in [-0.25, -0.2) is 0 Å². The van der Waals surface area contributed by atoms with E-state index in [0.717, 1.165) is 6.07 Å². The van der Waals surface area contributed by atoms with Crippen molar-refractivity contribution in [2.75, 3.05) is 0 Å². The van der Waals surface area contributed by atoms with E-state index in [1.807, 2.05) is 0 Å². The number of nitro groups is 1. The summed E-state index contributed by atoms with van der Waals surface area (Å²) in [5.74, 6) is 0.198. The number of hydrogen-bond acceptors (Lipinski definition) is 5. The molecule has 0 atom stereocenters. The standard InChI is InChI=1S/C14H13NO5S/c1-10-5-3-4-6-13(10)20-21(18,19)14-9-12(15(16)17)8-7-11(14)2/h3-9H,1-2H3. The van der Waals surface area contributed by atoms with E-state index in [4.69, 9.17) is 4.18 Å². The minimum atomic E-state index is -4.13. The van der Waals surface area contributed by atoms with Crippen LogP contribution in [0.3, 0.4) is 0 Å². The van der Waals surface area contributed by atoms with Crippen LogP contribution in [-0.2, 0) is 10.1 Å². The first-order valence-corrected chi connectivity index (χ1v) is 7.47. The smallest absolute Gasteiger partial charge is 0.339 e. The first-order chi connectivity index (χ1) is 9.81. The minimum Gasteiger partial charge on any atom is -0.379 e. The second kappa shape index (κ2) is 5.53. The van der Waals surface area contributed by atoms with Gasteiger partial charge in [-0.05, 0) is 31.0 Å². The summed E-state index contributed by atoms with van der Waals surface area (Å²) >= 11 is 0. The lowest BCUT2D eigenvalue weighted by Gasteiger charge is -2.10. The van der Waals surface area contributed by atoms with Gasteiger partial charge < -0.3 is 4.18 Å². The van der Waals surface area contributed by atoms with E-state index < -0.39 is 15.0 Å². The molecular formula is C14H13NO5S. The second-order valence-electron chi connectivity index (χ2n) is 4.51. The Morgan fingerprint density at radius 3 is 2.33 bits per heavy atom. The molecule has 110 valence electrons. The Kier molecular flexibility index (Phi) is 3.95. The summed E-state index contributed by atoms with van der Waals surface area (Å²) in [6.07, 6.45) is 0. The largest absolute Gasteiger partial charge is 0.379 e. The van der Waals surface area contributed by atoms with Gasteiger partial charge in [-0.3, -0.25) is 10.1 Å². The van der Waals surface area contributed by atoms with Crippen LogP contribution in [0.4, 0.5) is 5.69 Å². The van der Waals surface area contributed by atoms with Crippen molar-refractivity contribution in [3.8, 4) is 5.75 Å². The molecule has 2 aromatic rings. The average Bonchev–Trinajstić information content (AvgIpc) is 2.41. The van der Waals surface area contributed by atoms with Crippen molar-refractivity contribution in [2.45, 2.75) is 18.7 Å². The van der Waals surface area contributed by atoms with Gasteiger partial charge >= 0.3 is 10.1 Å². The average molecular weight is 307 g/mol. The summed E-state index contributed by atoms with van der Waals surface area (Å²) in [7, 11) is -4.13. The van der Waals surface area contributed by atoms with Gasteiger partial charge in [-0.1, -0.05) is 24.3 Å². The molecule has 0 unspecified atom stereocenters. The monoisotopic (exact) mass is 307 g/mol. The predicted octanol–water partition coefficient (Wildman–Crippen LogP) is 2.98. The Bertz CT molecular complexity index is 799. The van der Waals surface area contributed by atoms with E-state index in [-0.39, 0.29) is 16.3 Å². The number of rotatable bonds is 4. The van der Waals surface area contributed by atoms with E-state index >= 15 is 0 Å². The van der Waals surface area contributed by atoms with E-state index in [1.54, 1.807) is 32.0 Å². The van der Waals surface area contributed by atoms with E-state index in [1.165, 1.54) is 18.2 Å². The third-order valence-corrected chi connectivity index (χ3v) is 4.32. The molecule has 0 aliphatic heterocycles. The fourth-order valence-electron chi connectivity index (χ4n) is 1.78. The molecule has 0 spiro atoms. The Hall–Kier alpha value is -2.41. The van der Waals surface area contributed by atoms with Crippen LogP contribution >= 0.6 is 0 Å². The van der Waals surface area contributed by atoms with Crippen molar-refractivity contribution in [1.82, 2.24) is 0 Å². The summed E-state index contributed by atoms with van der Waals surface area (Å²) in [6, 6.07) is 10.3. The van der Waals surface area contributed by atoms with Crippen molar-refractivity contribution >= 4 is 15.8 Å². The topological polar surface area (TPSA) is 86.5 Å². The highest BCUT2D eigenvalue weighted by molar-refractivity contribution is 7.87. The van der Waals surface area contributed by atoms with Gasteiger partial charge in [0.15, 0.2) is 0 Å². The highest BCUT2D eigenvalue weighted by Gasteiger charge is 2.23. The number of aryl methyl sites for hydroxylation is 2. The van der Waals surface area contributed by atoms with Crippen LogP contribution < -0.4 is 4.18 Å². The van der Waals surface area contributed by atoms with Crippen LogP contribution in [0.5, 0.6) is 5.75 Å². The Morgan fingerprint density at radius 2 is 1.71 bits per heavy atom. The number of non-ortho nitro benzene ring substituents is 1. The van der Waals surface area contributed by atoms with Crippen molar-refractivity contribution in [3.63, 3.8) is 0 Å². The zero-order chi connectivity index (χ0) is 15.6. The van der Waals surface area contributed by atoms with Gasteiger partial charge in [0.2, 0.25) is 0 Å². The molecule has 0 amide bonds. The highest BCUT2D eigenvalue weighted by atomic mass is 32.2. The number of hydrogen-bond donors (Lipinski definition) is 0. The fourth-order valence-corrected chi connectivity index (χ4v) is 3.03. The molecule has 7 heteroatoms. The highest BCUT2D eigenvalue weighted by Crippen LogP contribution is 2.26. The zero-order valence-electron chi connectivity index (χ0n) is 11.4. The molecule has 0 bridgehead atoms. The van der Waals surface area contributed by atoms with Crippen LogP contribution in [0.1, 0.15) is 11.1 Å². The molecule has 2 rings (SSSR count). The van der Waals surface area contributed by atoms with Crippen LogP contribution in [-0.4, -0.2) is 13.3 Å². The quantitative estimate of drug-likeness (QED) is 0.492. The number of benzene rings is 2. The lowest BCUT2D eigenvalue weighted by molar-refractivity contribution is -0.385. The summed E-state index contributed by atoms with van der Waals surface area (Å²) in [4.78, 5) is 9.92. The predicted molar refractivity (Wildman–Crippen MR) is 76.8 cm³/mol. The first-order valence-electron chi connectivity index (χ1n) is 6.06. The van der Waals surface area contributed by atoms with Crippen molar-refractivity contribution < 1.29 is 17.5 Å². The summed E-state index contributed by atoms with van der Waals surface area (Å²) in [6.45, 7) is 3.27. The Balaban J connectivity index is 2.47.